The first-order chi connectivity index (χ1) is 14.1. The molecule has 2 aromatic rings. The summed E-state index contributed by atoms with van der Waals surface area (Å²) in [7, 11) is -1.54. The third-order valence-electron chi connectivity index (χ3n) is 3.90. The van der Waals surface area contributed by atoms with Crippen molar-refractivity contribution < 1.29 is 36.8 Å². The second-order valence-corrected chi connectivity index (χ2v) is 7.61. The molecule has 13 heteroatoms. The summed E-state index contributed by atoms with van der Waals surface area (Å²) < 4.78 is 41.4. The minimum Gasteiger partial charge on any atom is -0.465 e. The van der Waals surface area contributed by atoms with Crippen LogP contribution in [0.4, 0.5) is 11.4 Å². The molecule has 0 atom stereocenters. The topological polar surface area (TPSA) is 167 Å². The summed E-state index contributed by atoms with van der Waals surface area (Å²) >= 11 is 0. The van der Waals surface area contributed by atoms with Crippen molar-refractivity contribution in [2.45, 2.75) is 18.4 Å². The predicted molar refractivity (Wildman–Crippen MR) is 102 cm³/mol. The van der Waals surface area contributed by atoms with E-state index >= 15 is 0 Å². The number of furan rings is 1. The van der Waals surface area contributed by atoms with Gasteiger partial charge in [-0.3, -0.25) is 14.9 Å². The minimum absolute atomic E-state index is 0.137. The summed E-state index contributed by atoms with van der Waals surface area (Å²) in [6.07, 6.45) is 0. The maximum absolute atomic E-state index is 12.3. The van der Waals surface area contributed by atoms with Gasteiger partial charge in [-0.15, -0.1) is 0 Å². The van der Waals surface area contributed by atoms with Gasteiger partial charge < -0.3 is 19.2 Å². The Kier molecular flexibility index (Phi) is 7.13. The number of nitro groups is 1. The Bertz CT molecular complexity index is 1080. The monoisotopic (exact) mass is 441 g/mol. The van der Waals surface area contributed by atoms with E-state index in [9.17, 15) is 28.1 Å². The van der Waals surface area contributed by atoms with Crippen LogP contribution in [0, 0.1) is 17.0 Å². The van der Waals surface area contributed by atoms with Gasteiger partial charge in [0.2, 0.25) is 10.0 Å². The lowest BCUT2D eigenvalue weighted by Gasteiger charge is -2.08. The number of ether oxygens (including phenoxy) is 2. The average Bonchev–Trinajstić information content (AvgIpc) is 3.10. The Morgan fingerprint density at radius 3 is 2.57 bits per heavy atom. The molecule has 0 aliphatic heterocycles. The Morgan fingerprint density at radius 1 is 1.27 bits per heavy atom. The smallest absolute Gasteiger partial charge is 0.341 e. The van der Waals surface area contributed by atoms with Gasteiger partial charge in [-0.1, -0.05) is 0 Å². The van der Waals surface area contributed by atoms with Gasteiger partial charge in [0.05, 0.1) is 16.9 Å². The van der Waals surface area contributed by atoms with Crippen molar-refractivity contribution in [3.63, 3.8) is 0 Å². The minimum atomic E-state index is -4.20. The SMILES string of the molecule is CNc1ccc(S(=O)(=O)NCC(=O)OCc2cc(C(=O)OC)c(C)o2)cc1[N+](=O)[O-]. The van der Waals surface area contributed by atoms with Crippen LogP contribution < -0.4 is 10.0 Å². The van der Waals surface area contributed by atoms with Crippen LogP contribution in [0.1, 0.15) is 21.9 Å². The second kappa shape index (κ2) is 9.37. The van der Waals surface area contributed by atoms with Crippen molar-refractivity contribution in [2.75, 3.05) is 26.0 Å². The molecule has 12 nitrogen and oxygen atoms in total. The van der Waals surface area contributed by atoms with Gasteiger partial charge in [0.15, 0.2) is 0 Å². The van der Waals surface area contributed by atoms with E-state index in [0.717, 1.165) is 12.1 Å². The van der Waals surface area contributed by atoms with Crippen LogP contribution in [-0.4, -0.2) is 46.0 Å². The Morgan fingerprint density at radius 2 is 1.97 bits per heavy atom. The lowest BCUT2D eigenvalue weighted by atomic mass is 10.2. The van der Waals surface area contributed by atoms with Crippen molar-refractivity contribution in [1.29, 1.82) is 0 Å². The van der Waals surface area contributed by atoms with Crippen molar-refractivity contribution >= 4 is 33.3 Å². The first-order valence-corrected chi connectivity index (χ1v) is 9.86. The summed E-state index contributed by atoms with van der Waals surface area (Å²) in [5, 5.41) is 13.7. The molecule has 0 spiro atoms. The number of nitrogens with one attached hydrogen (secondary N) is 2. The lowest BCUT2D eigenvalue weighted by molar-refractivity contribution is -0.384. The van der Waals surface area contributed by atoms with Crippen molar-refractivity contribution in [2.24, 2.45) is 0 Å². The van der Waals surface area contributed by atoms with E-state index < -0.39 is 39.1 Å². The molecule has 0 bridgehead atoms. The number of nitrogens with zero attached hydrogens (tertiary/aromatic N) is 1. The third kappa shape index (κ3) is 5.33. The zero-order valence-corrected chi connectivity index (χ0v) is 17.1. The molecular weight excluding hydrogens is 422 g/mol. The molecule has 0 radical (unpaired) electrons. The van der Waals surface area contributed by atoms with Gasteiger partial charge in [-0.05, 0) is 25.1 Å². The molecule has 1 aromatic heterocycles. The number of esters is 2. The molecule has 2 rings (SSSR count). The van der Waals surface area contributed by atoms with Gasteiger partial charge in [0, 0.05) is 13.1 Å². The zero-order valence-electron chi connectivity index (χ0n) is 16.3. The number of rotatable bonds is 9. The van der Waals surface area contributed by atoms with Crippen LogP contribution in [0.15, 0.2) is 33.6 Å². The number of nitro benzene ring substituents is 1. The first kappa shape index (κ1) is 22.8. The number of hydrogen-bond acceptors (Lipinski definition) is 10. The number of anilines is 1. The fourth-order valence-corrected chi connectivity index (χ4v) is 3.40. The van der Waals surface area contributed by atoms with Gasteiger partial charge >= 0.3 is 11.9 Å². The summed E-state index contributed by atoms with van der Waals surface area (Å²) in [5.41, 5.74) is -0.119. The third-order valence-corrected chi connectivity index (χ3v) is 5.30. The zero-order chi connectivity index (χ0) is 22.5. The average molecular weight is 441 g/mol. The number of sulfonamides is 1. The van der Waals surface area contributed by atoms with Gasteiger partial charge in [-0.2, -0.15) is 4.72 Å². The van der Waals surface area contributed by atoms with Crippen LogP contribution in [-0.2, 0) is 30.9 Å². The molecule has 0 fully saturated rings. The van der Waals surface area contributed by atoms with E-state index in [1.165, 1.54) is 33.2 Å². The quantitative estimate of drug-likeness (QED) is 0.329. The highest BCUT2D eigenvalue weighted by molar-refractivity contribution is 7.89. The molecule has 0 aliphatic rings. The summed E-state index contributed by atoms with van der Waals surface area (Å²) in [5.74, 6) is -1.09. The van der Waals surface area contributed by atoms with Crippen LogP contribution in [0.25, 0.3) is 0 Å². The largest absolute Gasteiger partial charge is 0.465 e. The second-order valence-electron chi connectivity index (χ2n) is 5.85. The summed E-state index contributed by atoms with van der Waals surface area (Å²) in [6.45, 7) is 0.485. The Labute approximate surface area is 171 Å². The fraction of sp³-hybridized carbons (Fsp3) is 0.294. The predicted octanol–water partition coefficient (Wildman–Crippen LogP) is 1.35. The molecule has 2 N–H and O–H groups in total. The van der Waals surface area contributed by atoms with Crippen molar-refractivity contribution in [1.82, 2.24) is 4.72 Å². The van der Waals surface area contributed by atoms with Crippen LogP contribution in [0.2, 0.25) is 0 Å². The molecular formula is C17H19N3O9S. The molecule has 0 saturated heterocycles. The van der Waals surface area contributed by atoms with Crippen LogP contribution >= 0.6 is 0 Å². The van der Waals surface area contributed by atoms with Crippen LogP contribution in [0.3, 0.4) is 0 Å². The van der Waals surface area contributed by atoms with Gasteiger partial charge in [0.1, 0.15) is 35.9 Å². The Hall–Kier alpha value is -3.45. The number of carbonyl (C=O) groups excluding carboxylic acids is 2. The Balaban J connectivity index is 1.99. The highest BCUT2D eigenvalue weighted by Gasteiger charge is 2.22. The maximum Gasteiger partial charge on any atom is 0.341 e. The maximum atomic E-state index is 12.3. The van der Waals surface area contributed by atoms with Crippen LogP contribution in [0.5, 0.6) is 0 Å². The highest BCUT2D eigenvalue weighted by Crippen LogP contribution is 2.27. The van der Waals surface area contributed by atoms with E-state index in [1.54, 1.807) is 0 Å². The molecule has 0 unspecified atom stereocenters. The number of carbonyl (C=O) groups is 2. The number of benzene rings is 1. The molecule has 1 heterocycles. The van der Waals surface area contributed by atoms with Crippen molar-refractivity contribution in [3.8, 4) is 0 Å². The number of hydrogen-bond donors (Lipinski definition) is 2. The normalized spacial score (nSPS) is 11.0. The standard InChI is InChI=1S/C17H19N3O9S/c1-10-13(17(22)27-3)6-11(29-10)9-28-16(21)8-19-30(25,26)12-4-5-14(18-2)15(7-12)20(23)24/h4-7,18-19H,8-9H2,1-3H3. The van der Waals surface area contributed by atoms with Gasteiger partial charge in [-0.25, -0.2) is 13.2 Å². The highest BCUT2D eigenvalue weighted by atomic mass is 32.2. The van der Waals surface area contributed by atoms with Gasteiger partial charge in [0.25, 0.3) is 5.69 Å². The molecule has 0 aliphatic carbocycles. The van der Waals surface area contributed by atoms with E-state index in [4.69, 9.17) is 9.15 Å². The van der Waals surface area contributed by atoms with E-state index in [2.05, 4.69) is 10.1 Å². The molecule has 30 heavy (non-hydrogen) atoms. The molecule has 0 amide bonds. The lowest BCUT2D eigenvalue weighted by Crippen LogP contribution is -2.30. The molecule has 162 valence electrons. The van der Waals surface area contributed by atoms with E-state index in [1.807, 2.05) is 4.72 Å². The summed E-state index contributed by atoms with van der Waals surface area (Å²) in [6, 6.07) is 4.62. The van der Waals surface area contributed by atoms with E-state index in [0.29, 0.717) is 0 Å². The van der Waals surface area contributed by atoms with E-state index in [-0.39, 0.29) is 34.3 Å². The molecule has 0 saturated carbocycles. The number of methoxy groups -OCH3 is 1. The van der Waals surface area contributed by atoms with Crippen molar-refractivity contribution in [3.05, 3.63) is 51.5 Å². The first-order valence-electron chi connectivity index (χ1n) is 8.38. The fourth-order valence-electron chi connectivity index (χ4n) is 2.41. The summed E-state index contributed by atoms with van der Waals surface area (Å²) in [4.78, 5) is 33.3. The molecule has 1 aromatic carbocycles. The number of aryl methyl sites for hydroxylation is 1.